The number of aliphatic carboxylic acids is 1. The molecule has 0 bridgehead atoms. The Hall–Kier alpha value is -4.21. The van der Waals surface area contributed by atoms with Crippen LogP contribution in [-0.2, 0) is 11.0 Å². The molecule has 5 rings (SSSR count). The lowest BCUT2D eigenvalue weighted by Gasteiger charge is -2.15. The fourth-order valence-corrected chi connectivity index (χ4v) is 4.78. The van der Waals surface area contributed by atoms with Crippen molar-refractivity contribution in [2.45, 2.75) is 25.4 Å². The van der Waals surface area contributed by atoms with Crippen LogP contribution < -0.4 is 5.32 Å². The highest BCUT2D eigenvalue weighted by atomic mass is 19.4. The number of hydrogen-bond donors (Lipinski definition) is 3. The number of carboxylic acids is 1. The molecule has 1 aliphatic rings. The molecule has 0 amide bonds. The van der Waals surface area contributed by atoms with Crippen molar-refractivity contribution in [1.29, 1.82) is 0 Å². The van der Waals surface area contributed by atoms with Crippen molar-refractivity contribution >= 4 is 34.4 Å². The number of H-pyrrole nitrogens is 1. The van der Waals surface area contributed by atoms with Crippen LogP contribution in [0.4, 0.5) is 29.2 Å². The third kappa shape index (κ3) is 4.91. The second kappa shape index (κ2) is 9.34. The van der Waals surface area contributed by atoms with Gasteiger partial charge in [-0.2, -0.15) is 13.2 Å². The summed E-state index contributed by atoms with van der Waals surface area (Å²) in [5, 5.41) is 12.1. The first-order valence-electron chi connectivity index (χ1n) is 11.6. The molecule has 0 unspecified atom stereocenters. The van der Waals surface area contributed by atoms with Crippen molar-refractivity contribution in [3.63, 3.8) is 0 Å². The van der Waals surface area contributed by atoms with Gasteiger partial charge in [-0.1, -0.05) is 36.8 Å². The third-order valence-corrected chi connectivity index (χ3v) is 6.71. The van der Waals surface area contributed by atoms with Gasteiger partial charge in [0.25, 0.3) is 0 Å². The number of hydrogen-bond acceptors (Lipinski definition) is 4. The number of carbonyl (C=O) groups is 2. The summed E-state index contributed by atoms with van der Waals surface area (Å²) in [5.41, 5.74) is 1.33. The molecule has 3 aromatic carbocycles. The molecule has 6 nitrogen and oxygen atoms in total. The van der Waals surface area contributed by atoms with Crippen LogP contribution >= 0.6 is 0 Å². The Morgan fingerprint density at radius 3 is 2.32 bits per heavy atom. The van der Waals surface area contributed by atoms with Crippen LogP contribution in [-0.4, -0.2) is 26.8 Å². The molecule has 1 saturated carbocycles. The quantitative estimate of drug-likeness (QED) is 0.195. The maximum Gasteiger partial charge on any atom is 0.416 e. The van der Waals surface area contributed by atoms with E-state index in [4.69, 9.17) is 0 Å². The van der Waals surface area contributed by atoms with E-state index in [0.29, 0.717) is 41.5 Å². The summed E-state index contributed by atoms with van der Waals surface area (Å²) in [4.78, 5) is 31.1. The average molecular weight is 511 g/mol. The van der Waals surface area contributed by atoms with Crippen LogP contribution in [0.5, 0.6) is 0 Å². The first-order chi connectivity index (χ1) is 17.6. The summed E-state index contributed by atoms with van der Waals surface area (Å²) in [6.45, 7) is 0. The SMILES string of the molecule is O=C(O)[C@@H]1CCC[C@H]1C(=O)c1ccc(-c2ccc(Nc3nc4cc(C(F)(F)F)ccc4[nH]3)c(F)c2)cc1. The van der Waals surface area contributed by atoms with Crippen molar-refractivity contribution in [3.05, 3.63) is 77.6 Å². The van der Waals surface area contributed by atoms with Gasteiger partial charge in [-0.15, -0.1) is 0 Å². The Labute approximate surface area is 208 Å². The molecule has 1 aliphatic carbocycles. The Bertz CT molecular complexity index is 1500. The minimum atomic E-state index is -4.49. The van der Waals surface area contributed by atoms with E-state index in [9.17, 15) is 32.3 Å². The molecule has 10 heteroatoms. The van der Waals surface area contributed by atoms with Gasteiger partial charge in [-0.3, -0.25) is 9.59 Å². The van der Waals surface area contributed by atoms with Crippen LogP contribution in [0, 0.1) is 17.7 Å². The Morgan fingerprint density at radius 1 is 0.946 bits per heavy atom. The maximum atomic E-state index is 14.9. The van der Waals surface area contributed by atoms with Crippen molar-refractivity contribution in [3.8, 4) is 11.1 Å². The number of carboxylic acid groups (broad SMARTS) is 1. The lowest BCUT2D eigenvalue weighted by Crippen LogP contribution is -2.25. The van der Waals surface area contributed by atoms with Crippen molar-refractivity contribution in [2.24, 2.45) is 11.8 Å². The predicted molar refractivity (Wildman–Crippen MR) is 129 cm³/mol. The molecule has 2 atom stereocenters. The molecule has 3 N–H and O–H groups in total. The average Bonchev–Trinajstić information content (AvgIpc) is 3.51. The third-order valence-electron chi connectivity index (χ3n) is 6.71. The maximum absolute atomic E-state index is 14.9. The lowest BCUT2D eigenvalue weighted by molar-refractivity contribution is -0.142. The number of imidazole rings is 1. The van der Waals surface area contributed by atoms with Gasteiger partial charge in [0, 0.05) is 11.5 Å². The van der Waals surface area contributed by atoms with Crippen LogP contribution in [0.25, 0.3) is 22.2 Å². The van der Waals surface area contributed by atoms with Gasteiger partial charge < -0.3 is 15.4 Å². The number of aromatic nitrogens is 2. The van der Waals surface area contributed by atoms with Gasteiger partial charge in [0.15, 0.2) is 5.78 Å². The monoisotopic (exact) mass is 511 g/mol. The molecule has 0 aliphatic heterocycles. The van der Waals surface area contributed by atoms with Crippen LogP contribution in [0.2, 0.25) is 0 Å². The van der Waals surface area contributed by atoms with Gasteiger partial charge in [0.05, 0.1) is 28.2 Å². The first-order valence-corrected chi connectivity index (χ1v) is 11.6. The molecule has 0 radical (unpaired) electrons. The zero-order valence-corrected chi connectivity index (χ0v) is 19.3. The number of benzene rings is 3. The Kier molecular flexibility index (Phi) is 6.18. The zero-order valence-electron chi connectivity index (χ0n) is 19.3. The van der Waals surface area contributed by atoms with Gasteiger partial charge in [-0.25, -0.2) is 9.37 Å². The number of alkyl halides is 3. The number of nitrogens with one attached hydrogen (secondary N) is 2. The Morgan fingerprint density at radius 2 is 1.65 bits per heavy atom. The number of ketones is 1. The number of anilines is 2. The van der Waals surface area contributed by atoms with Gasteiger partial charge in [-0.05, 0) is 54.3 Å². The van der Waals surface area contributed by atoms with E-state index in [1.165, 1.54) is 18.2 Å². The molecule has 1 fully saturated rings. The van der Waals surface area contributed by atoms with Crippen LogP contribution in [0.15, 0.2) is 60.7 Å². The number of Topliss-reactive ketones (excluding diaryl/α,β-unsaturated/α-hetero) is 1. The number of aromatic amines is 1. The van der Waals surface area contributed by atoms with Crippen LogP contribution in [0.3, 0.4) is 0 Å². The topological polar surface area (TPSA) is 95.1 Å². The van der Waals surface area contributed by atoms with E-state index >= 15 is 0 Å². The summed E-state index contributed by atoms with van der Waals surface area (Å²) >= 11 is 0. The molecular formula is C27H21F4N3O3. The van der Waals surface area contributed by atoms with E-state index in [1.807, 2.05) is 0 Å². The fraction of sp³-hybridized carbons (Fsp3) is 0.222. The molecular weight excluding hydrogens is 490 g/mol. The number of rotatable bonds is 6. The number of carbonyl (C=O) groups excluding carboxylic acids is 1. The summed E-state index contributed by atoms with van der Waals surface area (Å²) in [6.07, 6.45) is -2.75. The van der Waals surface area contributed by atoms with Gasteiger partial charge in [0.2, 0.25) is 5.95 Å². The van der Waals surface area contributed by atoms with Gasteiger partial charge >= 0.3 is 12.1 Å². The predicted octanol–water partition coefficient (Wildman–Crippen LogP) is 6.82. The molecule has 0 saturated heterocycles. The van der Waals surface area contributed by atoms with E-state index in [2.05, 4.69) is 15.3 Å². The van der Waals surface area contributed by atoms with Crippen molar-refractivity contribution in [2.75, 3.05) is 5.32 Å². The van der Waals surface area contributed by atoms with E-state index in [-0.39, 0.29) is 22.9 Å². The van der Waals surface area contributed by atoms with Crippen molar-refractivity contribution < 1.29 is 32.3 Å². The smallest absolute Gasteiger partial charge is 0.416 e. The molecule has 1 aromatic heterocycles. The largest absolute Gasteiger partial charge is 0.481 e. The fourth-order valence-electron chi connectivity index (χ4n) is 4.78. The highest BCUT2D eigenvalue weighted by molar-refractivity contribution is 6.00. The van der Waals surface area contributed by atoms with E-state index in [0.717, 1.165) is 12.1 Å². The van der Waals surface area contributed by atoms with Crippen molar-refractivity contribution in [1.82, 2.24) is 9.97 Å². The molecule has 4 aromatic rings. The molecule has 0 spiro atoms. The van der Waals surface area contributed by atoms with Crippen LogP contribution in [0.1, 0.15) is 35.2 Å². The van der Waals surface area contributed by atoms with E-state index < -0.39 is 35.4 Å². The molecule has 190 valence electrons. The standard InChI is InChI=1S/C27H21F4N3O3/c28-20-12-16(14-4-6-15(7-5-14)24(35)18-2-1-3-19(18)25(36)37)8-10-21(20)32-26-33-22-11-9-17(27(29,30)31)13-23(22)34-26/h4-13,18-19H,1-3H2,(H,36,37)(H2,32,33,34)/t18-,19-/m1/s1. The van der Waals surface area contributed by atoms with E-state index in [1.54, 1.807) is 30.3 Å². The minimum absolute atomic E-state index is 0.0756. The Balaban J connectivity index is 1.32. The summed E-state index contributed by atoms with van der Waals surface area (Å²) in [5.74, 6) is -2.87. The zero-order chi connectivity index (χ0) is 26.3. The molecule has 37 heavy (non-hydrogen) atoms. The van der Waals surface area contributed by atoms with Gasteiger partial charge in [0.1, 0.15) is 5.82 Å². The minimum Gasteiger partial charge on any atom is -0.481 e. The summed E-state index contributed by atoms with van der Waals surface area (Å²) < 4.78 is 53.7. The second-order valence-electron chi connectivity index (χ2n) is 9.06. The first kappa shape index (κ1) is 24.5. The normalized spacial score (nSPS) is 17.7. The highest BCUT2D eigenvalue weighted by Crippen LogP contribution is 2.35. The highest BCUT2D eigenvalue weighted by Gasteiger charge is 2.38. The summed E-state index contributed by atoms with van der Waals surface area (Å²) in [6, 6.07) is 14.1. The number of halogens is 4. The lowest BCUT2D eigenvalue weighted by atomic mass is 9.88. The number of fused-ring (bicyclic) bond motifs is 1. The number of nitrogens with zero attached hydrogens (tertiary/aromatic N) is 1. The molecule has 1 heterocycles. The second-order valence-corrected chi connectivity index (χ2v) is 9.06. The summed E-state index contributed by atoms with van der Waals surface area (Å²) in [7, 11) is 0.